The molecule has 2 unspecified atom stereocenters. The normalized spacial score (nSPS) is 17.8. The summed E-state index contributed by atoms with van der Waals surface area (Å²) in [6.07, 6.45) is -0.875. The second-order valence-corrected chi connectivity index (χ2v) is 9.25. The van der Waals surface area contributed by atoms with E-state index in [-0.39, 0.29) is 13.0 Å². The highest BCUT2D eigenvalue weighted by atomic mass is 16.6. The SMILES string of the molecule is COC(=O)C1CC(Oc2nc(-c3ccccc3)nc3ccc(OC)cc23)CN1C(=O)OC(C)(C)C. The Hall–Kier alpha value is -3.88. The van der Waals surface area contributed by atoms with Crippen LogP contribution < -0.4 is 9.47 Å². The summed E-state index contributed by atoms with van der Waals surface area (Å²) in [4.78, 5) is 36.0. The maximum absolute atomic E-state index is 12.8. The lowest BCUT2D eigenvalue weighted by atomic mass is 10.1. The van der Waals surface area contributed by atoms with E-state index in [4.69, 9.17) is 23.9 Å². The van der Waals surface area contributed by atoms with Crippen molar-refractivity contribution in [2.24, 2.45) is 0 Å². The molecule has 2 aromatic carbocycles. The van der Waals surface area contributed by atoms with E-state index in [0.29, 0.717) is 28.4 Å². The molecule has 2 heterocycles. The van der Waals surface area contributed by atoms with Crippen molar-refractivity contribution in [3.8, 4) is 23.0 Å². The molecular weight excluding hydrogens is 450 g/mol. The van der Waals surface area contributed by atoms with Gasteiger partial charge >= 0.3 is 12.1 Å². The van der Waals surface area contributed by atoms with Gasteiger partial charge in [-0.05, 0) is 39.0 Å². The quantitative estimate of drug-likeness (QED) is 0.501. The van der Waals surface area contributed by atoms with Crippen LogP contribution in [0.4, 0.5) is 4.79 Å². The summed E-state index contributed by atoms with van der Waals surface area (Å²) in [7, 11) is 2.87. The first kappa shape index (κ1) is 24.3. The first-order valence-corrected chi connectivity index (χ1v) is 11.3. The van der Waals surface area contributed by atoms with Crippen LogP contribution in [0.5, 0.6) is 11.6 Å². The maximum Gasteiger partial charge on any atom is 0.411 e. The van der Waals surface area contributed by atoms with Crippen LogP contribution in [0.25, 0.3) is 22.3 Å². The minimum absolute atomic E-state index is 0.144. The highest BCUT2D eigenvalue weighted by Gasteiger charge is 2.43. The van der Waals surface area contributed by atoms with Crippen molar-refractivity contribution in [1.29, 1.82) is 0 Å². The molecule has 184 valence electrons. The molecule has 4 rings (SSSR count). The second kappa shape index (κ2) is 9.77. The van der Waals surface area contributed by atoms with Gasteiger partial charge in [-0.3, -0.25) is 4.90 Å². The number of hydrogen-bond acceptors (Lipinski definition) is 8. The summed E-state index contributed by atoms with van der Waals surface area (Å²) >= 11 is 0. The summed E-state index contributed by atoms with van der Waals surface area (Å²) in [6.45, 7) is 5.46. The van der Waals surface area contributed by atoms with Crippen molar-refractivity contribution < 1.29 is 28.5 Å². The molecule has 1 saturated heterocycles. The number of rotatable bonds is 5. The van der Waals surface area contributed by atoms with E-state index < -0.39 is 29.8 Å². The van der Waals surface area contributed by atoms with Crippen LogP contribution in [-0.4, -0.2) is 65.4 Å². The molecule has 0 spiro atoms. The van der Waals surface area contributed by atoms with Gasteiger partial charge < -0.3 is 18.9 Å². The van der Waals surface area contributed by atoms with Gasteiger partial charge in [0.25, 0.3) is 0 Å². The van der Waals surface area contributed by atoms with Gasteiger partial charge in [0.2, 0.25) is 5.88 Å². The molecule has 0 saturated carbocycles. The summed E-state index contributed by atoms with van der Waals surface area (Å²) in [6, 6.07) is 14.2. The van der Waals surface area contributed by atoms with Crippen LogP contribution in [0, 0.1) is 0 Å². The number of methoxy groups -OCH3 is 2. The monoisotopic (exact) mass is 479 g/mol. The minimum atomic E-state index is -0.823. The molecule has 1 aliphatic heterocycles. The number of hydrogen-bond donors (Lipinski definition) is 0. The Morgan fingerprint density at radius 1 is 1.03 bits per heavy atom. The number of esters is 1. The summed E-state index contributed by atoms with van der Waals surface area (Å²) < 4.78 is 22.1. The van der Waals surface area contributed by atoms with Gasteiger partial charge in [0, 0.05) is 12.0 Å². The number of amides is 1. The molecule has 1 amide bonds. The van der Waals surface area contributed by atoms with E-state index in [2.05, 4.69) is 4.98 Å². The summed E-state index contributed by atoms with van der Waals surface area (Å²) in [5.74, 6) is 0.950. The Labute approximate surface area is 204 Å². The third-order valence-corrected chi connectivity index (χ3v) is 5.54. The summed E-state index contributed by atoms with van der Waals surface area (Å²) in [5, 5.41) is 0.661. The minimum Gasteiger partial charge on any atom is -0.497 e. The third-order valence-electron chi connectivity index (χ3n) is 5.54. The van der Waals surface area contributed by atoms with Crippen molar-refractivity contribution >= 4 is 23.0 Å². The van der Waals surface area contributed by atoms with Gasteiger partial charge in [-0.1, -0.05) is 30.3 Å². The van der Waals surface area contributed by atoms with Crippen LogP contribution in [0.15, 0.2) is 48.5 Å². The molecule has 0 aliphatic carbocycles. The zero-order valence-corrected chi connectivity index (χ0v) is 20.5. The number of ether oxygens (including phenoxy) is 4. The van der Waals surface area contributed by atoms with E-state index in [1.807, 2.05) is 42.5 Å². The number of benzene rings is 2. The number of aromatic nitrogens is 2. The predicted molar refractivity (Wildman–Crippen MR) is 129 cm³/mol. The number of nitrogens with zero attached hydrogens (tertiary/aromatic N) is 3. The average Bonchev–Trinajstić information content (AvgIpc) is 3.26. The Bertz CT molecular complexity index is 1220. The van der Waals surface area contributed by atoms with Crippen molar-refractivity contribution in [2.45, 2.75) is 44.9 Å². The zero-order chi connectivity index (χ0) is 25.2. The van der Waals surface area contributed by atoms with Gasteiger partial charge in [0.05, 0.1) is 31.7 Å². The fourth-order valence-corrected chi connectivity index (χ4v) is 3.94. The van der Waals surface area contributed by atoms with Gasteiger partial charge in [-0.15, -0.1) is 0 Å². The largest absolute Gasteiger partial charge is 0.497 e. The molecule has 9 heteroatoms. The van der Waals surface area contributed by atoms with Crippen LogP contribution in [0.1, 0.15) is 27.2 Å². The molecule has 35 heavy (non-hydrogen) atoms. The van der Waals surface area contributed by atoms with Crippen molar-refractivity contribution in [3.05, 3.63) is 48.5 Å². The second-order valence-electron chi connectivity index (χ2n) is 9.25. The number of fused-ring (bicyclic) bond motifs is 1. The fraction of sp³-hybridized carbons (Fsp3) is 0.385. The molecule has 9 nitrogen and oxygen atoms in total. The topological polar surface area (TPSA) is 100 Å². The molecule has 1 fully saturated rings. The lowest BCUT2D eigenvalue weighted by Crippen LogP contribution is -2.44. The smallest absolute Gasteiger partial charge is 0.411 e. The molecule has 0 N–H and O–H groups in total. The molecular formula is C26H29N3O6. The third kappa shape index (κ3) is 5.45. The lowest BCUT2D eigenvalue weighted by Gasteiger charge is -2.27. The molecule has 3 aromatic rings. The van der Waals surface area contributed by atoms with Gasteiger partial charge in [0.15, 0.2) is 5.82 Å². The standard InChI is InChI=1S/C26H29N3O6/c1-26(2,3)35-25(31)29-15-18(14-21(29)24(30)33-5)34-23-19-13-17(32-4)11-12-20(19)27-22(28-23)16-9-7-6-8-10-16/h6-13,18,21H,14-15H2,1-5H3. The van der Waals surface area contributed by atoms with Crippen LogP contribution >= 0.6 is 0 Å². The number of likely N-dealkylation sites (tertiary alicyclic amines) is 1. The van der Waals surface area contributed by atoms with E-state index in [1.54, 1.807) is 33.9 Å². The van der Waals surface area contributed by atoms with Crippen LogP contribution in [0.2, 0.25) is 0 Å². The van der Waals surface area contributed by atoms with Crippen molar-refractivity contribution in [2.75, 3.05) is 20.8 Å². The van der Waals surface area contributed by atoms with E-state index in [1.165, 1.54) is 12.0 Å². The van der Waals surface area contributed by atoms with Crippen molar-refractivity contribution in [3.63, 3.8) is 0 Å². The highest BCUT2D eigenvalue weighted by Crippen LogP contribution is 2.32. The maximum atomic E-state index is 12.8. The first-order chi connectivity index (χ1) is 16.7. The van der Waals surface area contributed by atoms with Gasteiger partial charge in [-0.25, -0.2) is 14.6 Å². The average molecular weight is 480 g/mol. The van der Waals surface area contributed by atoms with Gasteiger partial charge in [0.1, 0.15) is 23.5 Å². The predicted octanol–water partition coefficient (Wildman–Crippen LogP) is 4.24. The molecule has 1 aromatic heterocycles. The Morgan fingerprint density at radius 3 is 2.43 bits per heavy atom. The van der Waals surface area contributed by atoms with Crippen LogP contribution in [0.3, 0.4) is 0 Å². The first-order valence-electron chi connectivity index (χ1n) is 11.3. The zero-order valence-electron chi connectivity index (χ0n) is 20.5. The van der Waals surface area contributed by atoms with Crippen LogP contribution in [-0.2, 0) is 14.3 Å². The number of carbonyl (C=O) groups excluding carboxylic acids is 2. The molecule has 2 atom stereocenters. The van der Waals surface area contributed by atoms with Gasteiger partial charge in [-0.2, -0.15) is 4.98 Å². The highest BCUT2D eigenvalue weighted by molar-refractivity contribution is 5.87. The molecule has 0 bridgehead atoms. The fourth-order valence-electron chi connectivity index (χ4n) is 3.94. The lowest BCUT2D eigenvalue weighted by molar-refractivity contribution is -0.145. The van der Waals surface area contributed by atoms with E-state index in [9.17, 15) is 9.59 Å². The van der Waals surface area contributed by atoms with Crippen molar-refractivity contribution in [1.82, 2.24) is 14.9 Å². The Balaban J connectivity index is 1.69. The molecule has 1 aliphatic rings. The van der Waals surface area contributed by atoms with E-state index >= 15 is 0 Å². The Morgan fingerprint density at radius 2 is 1.77 bits per heavy atom. The summed E-state index contributed by atoms with van der Waals surface area (Å²) in [5.41, 5.74) is 0.811. The molecule has 0 radical (unpaired) electrons. The number of carbonyl (C=O) groups is 2. The Kier molecular flexibility index (Phi) is 6.77. The van der Waals surface area contributed by atoms with E-state index in [0.717, 1.165) is 5.56 Å².